The highest BCUT2D eigenvalue weighted by Crippen LogP contribution is 2.19. The van der Waals surface area contributed by atoms with Gasteiger partial charge in [0.25, 0.3) is 0 Å². The Balaban J connectivity index is 2.08. The molecule has 2 aromatic rings. The third kappa shape index (κ3) is 9.73. The lowest BCUT2D eigenvalue weighted by molar-refractivity contribution is -0.142. The summed E-state index contributed by atoms with van der Waals surface area (Å²) in [6.07, 6.45) is 2.89. The van der Waals surface area contributed by atoms with Crippen molar-refractivity contribution in [2.24, 2.45) is 28.1 Å². The number of H-pyrrole nitrogens is 1. The maximum absolute atomic E-state index is 13.1. The molecule has 13 nitrogen and oxygen atoms in total. The van der Waals surface area contributed by atoms with Gasteiger partial charge in [-0.05, 0) is 36.8 Å². The van der Waals surface area contributed by atoms with E-state index in [0.29, 0.717) is 19.4 Å². The summed E-state index contributed by atoms with van der Waals surface area (Å²) in [5.74, 6) is -2.97. The van der Waals surface area contributed by atoms with Crippen LogP contribution in [0.4, 0.5) is 0 Å². The van der Waals surface area contributed by atoms with Gasteiger partial charge in [-0.25, -0.2) is 4.79 Å². The molecule has 208 valence electrons. The van der Waals surface area contributed by atoms with Crippen molar-refractivity contribution in [2.75, 3.05) is 13.1 Å². The number of hydrogen-bond acceptors (Lipinski definition) is 6. The number of aromatic amines is 1. The number of nitrogens with zero attached hydrogens (tertiary/aromatic N) is 1. The van der Waals surface area contributed by atoms with Crippen molar-refractivity contribution in [2.45, 2.75) is 57.7 Å². The number of carboxylic acid groups (broad SMARTS) is 1. The van der Waals surface area contributed by atoms with Crippen LogP contribution in [0.25, 0.3) is 10.9 Å². The standard InChI is InChI=1S/C25H38N8O5/c1-14(2)10-20(24(37)38)32-21(34)13-31-23(36)19(11-15-12-30-18-8-4-3-6-16(15)18)33-22(35)17(26)7-5-9-29-25(27)28/h3-4,6,8,12,14,17,19-20,30H,5,7,9-11,13,26H2,1-2H3,(H,31,36)(H,32,34)(H,33,35)(H,37,38)(H4,27,28,29). The first kappa shape index (κ1) is 30.1. The Labute approximate surface area is 221 Å². The number of nitrogens with one attached hydrogen (secondary N) is 4. The van der Waals surface area contributed by atoms with Gasteiger partial charge in [-0.1, -0.05) is 32.0 Å². The van der Waals surface area contributed by atoms with Crippen LogP contribution in [0.2, 0.25) is 0 Å². The van der Waals surface area contributed by atoms with Gasteiger partial charge in [-0.2, -0.15) is 0 Å². The number of guanidine groups is 1. The minimum absolute atomic E-state index is 0.0467. The largest absolute Gasteiger partial charge is 0.480 e. The number of hydrogen-bond donors (Lipinski definition) is 8. The lowest BCUT2D eigenvalue weighted by Gasteiger charge is -2.21. The van der Waals surface area contributed by atoms with Crippen LogP contribution >= 0.6 is 0 Å². The molecule has 3 atom stereocenters. The van der Waals surface area contributed by atoms with E-state index in [2.05, 4.69) is 25.9 Å². The van der Waals surface area contributed by atoms with Crippen molar-refractivity contribution in [3.05, 3.63) is 36.0 Å². The van der Waals surface area contributed by atoms with E-state index >= 15 is 0 Å². The predicted molar refractivity (Wildman–Crippen MR) is 144 cm³/mol. The minimum atomic E-state index is -1.16. The Bertz CT molecular complexity index is 1140. The summed E-state index contributed by atoms with van der Waals surface area (Å²) in [5.41, 5.74) is 18.3. The van der Waals surface area contributed by atoms with E-state index in [1.165, 1.54) is 0 Å². The zero-order valence-electron chi connectivity index (χ0n) is 21.7. The molecule has 1 aromatic heterocycles. The molecular formula is C25H38N8O5. The Hall–Kier alpha value is -4.13. The molecule has 11 N–H and O–H groups in total. The summed E-state index contributed by atoms with van der Waals surface area (Å²) in [7, 11) is 0. The van der Waals surface area contributed by atoms with Gasteiger partial charge < -0.3 is 43.2 Å². The van der Waals surface area contributed by atoms with Crippen molar-refractivity contribution in [3.8, 4) is 0 Å². The average molecular weight is 531 g/mol. The maximum atomic E-state index is 13.1. The number of carboxylic acids is 1. The lowest BCUT2D eigenvalue weighted by Crippen LogP contribution is -2.54. The van der Waals surface area contributed by atoms with Crippen LogP contribution in [0.1, 0.15) is 38.7 Å². The summed E-state index contributed by atoms with van der Waals surface area (Å²) >= 11 is 0. The number of fused-ring (bicyclic) bond motifs is 1. The summed E-state index contributed by atoms with van der Waals surface area (Å²) in [6, 6.07) is 4.50. The number of aliphatic carboxylic acids is 1. The quantitative estimate of drug-likeness (QED) is 0.0832. The molecule has 0 bridgehead atoms. The zero-order valence-corrected chi connectivity index (χ0v) is 21.7. The van der Waals surface area contributed by atoms with Crippen molar-refractivity contribution in [1.29, 1.82) is 0 Å². The van der Waals surface area contributed by atoms with Gasteiger partial charge >= 0.3 is 5.97 Å². The van der Waals surface area contributed by atoms with Crippen molar-refractivity contribution < 1.29 is 24.3 Å². The molecule has 0 radical (unpaired) electrons. The van der Waals surface area contributed by atoms with E-state index in [4.69, 9.17) is 17.2 Å². The van der Waals surface area contributed by atoms with Crippen LogP contribution in [0.15, 0.2) is 35.5 Å². The SMILES string of the molecule is CC(C)CC(NC(=O)CNC(=O)C(Cc1c[nH]c2ccccc12)NC(=O)C(N)CCCN=C(N)N)C(=O)O. The molecule has 2 rings (SSSR count). The molecule has 38 heavy (non-hydrogen) atoms. The van der Waals surface area contributed by atoms with Gasteiger partial charge in [0, 0.05) is 30.1 Å². The molecule has 0 aliphatic rings. The van der Waals surface area contributed by atoms with E-state index < -0.39 is 48.4 Å². The zero-order chi connectivity index (χ0) is 28.2. The highest BCUT2D eigenvalue weighted by atomic mass is 16.4. The number of carbonyl (C=O) groups is 4. The Morgan fingerprint density at radius 1 is 1.05 bits per heavy atom. The fourth-order valence-electron chi connectivity index (χ4n) is 3.89. The third-order valence-electron chi connectivity index (χ3n) is 5.80. The van der Waals surface area contributed by atoms with Gasteiger partial charge in [0.2, 0.25) is 17.7 Å². The minimum Gasteiger partial charge on any atom is -0.480 e. The maximum Gasteiger partial charge on any atom is 0.326 e. The number of nitrogens with two attached hydrogens (primary N) is 3. The van der Waals surface area contributed by atoms with Gasteiger partial charge in [0.05, 0.1) is 12.6 Å². The fraction of sp³-hybridized carbons (Fsp3) is 0.480. The molecule has 3 unspecified atom stereocenters. The molecular weight excluding hydrogens is 492 g/mol. The highest BCUT2D eigenvalue weighted by Gasteiger charge is 2.26. The number of rotatable bonds is 15. The number of carbonyl (C=O) groups excluding carboxylic acids is 3. The number of amides is 3. The van der Waals surface area contributed by atoms with Crippen LogP contribution < -0.4 is 33.2 Å². The van der Waals surface area contributed by atoms with Crippen LogP contribution in [0.5, 0.6) is 0 Å². The summed E-state index contributed by atoms with van der Waals surface area (Å²) in [6.45, 7) is 3.54. The van der Waals surface area contributed by atoms with Crippen molar-refractivity contribution in [3.63, 3.8) is 0 Å². The van der Waals surface area contributed by atoms with E-state index in [1.807, 2.05) is 38.1 Å². The van der Waals surface area contributed by atoms with Gasteiger partial charge in [0.15, 0.2) is 5.96 Å². The Morgan fingerprint density at radius 2 is 1.76 bits per heavy atom. The molecule has 1 aromatic carbocycles. The first-order chi connectivity index (χ1) is 18.0. The van der Waals surface area contributed by atoms with Crippen LogP contribution in [0.3, 0.4) is 0 Å². The molecule has 1 heterocycles. The second-order valence-electron chi connectivity index (χ2n) is 9.49. The number of benzene rings is 1. The van der Waals surface area contributed by atoms with Gasteiger partial charge in [0.1, 0.15) is 12.1 Å². The lowest BCUT2D eigenvalue weighted by atomic mass is 10.0. The first-order valence-electron chi connectivity index (χ1n) is 12.4. The summed E-state index contributed by atoms with van der Waals surface area (Å²) < 4.78 is 0. The smallest absolute Gasteiger partial charge is 0.326 e. The molecule has 0 saturated carbocycles. The number of aliphatic imine (C=N–C) groups is 1. The van der Waals surface area contributed by atoms with E-state index in [9.17, 15) is 24.3 Å². The molecule has 0 saturated heterocycles. The molecule has 0 fully saturated rings. The number of aromatic nitrogens is 1. The molecule has 0 aliphatic carbocycles. The molecule has 3 amide bonds. The van der Waals surface area contributed by atoms with Crippen LogP contribution in [0, 0.1) is 5.92 Å². The van der Waals surface area contributed by atoms with E-state index in [-0.39, 0.29) is 24.7 Å². The summed E-state index contributed by atoms with van der Waals surface area (Å²) in [4.78, 5) is 56.6. The van der Waals surface area contributed by atoms with E-state index in [0.717, 1.165) is 16.5 Å². The molecule has 0 aliphatic heterocycles. The van der Waals surface area contributed by atoms with Crippen LogP contribution in [-0.2, 0) is 25.6 Å². The second kappa shape index (κ2) is 14.6. The molecule has 0 spiro atoms. The Kier molecular flexibility index (Phi) is 11.5. The third-order valence-corrected chi connectivity index (χ3v) is 5.80. The monoisotopic (exact) mass is 530 g/mol. The number of para-hydroxylation sites is 1. The fourth-order valence-corrected chi connectivity index (χ4v) is 3.89. The Morgan fingerprint density at radius 3 is 2.42 bits per heavy atom. The second-order valence-corrected chi connectivity index (χ2v) is 9.49. The summed E-state index contributed by atoms with van der Waals surface area (Å²) in [5, 5.41) is 17.8. The topological polar surface area (TPSA) is 231 Å². The average Bonchev–Trinajstić information content (AvgIpc) is 3.26. The van der Waals surface area contributed by atoms with Crippen molar-refractivity contribution >= 4 is 40.6 Å². The van der Waals surface area contributed by atoms with Gasteiger partial charge in [-0.15, -0.1) is 0 Å². The van der Waals surface area contributed by atoms with E-state index in [1.54, 1.807) is 6.20 Å². The van der Waals surface area contributed by atoms with Crippen molar-refractivity contribution in [1.82, 2.24) is 20.9 Å². The predicted octanol–water partition coefficient (Wildman–Crippen LogP) is -0.692. The first-order valence-corrected chi connectivity index (χ1v) is 12.4. The van der Waals surface area contributed by atoms with Crippen LogP contribution in [-0.4, -0.2) is 71.0 Å². The molecule has 13 heteroatoms. The highest BCUT2D eigenvalue weighted by molar-refractivity contribution is 5.93. The van der Waals surface area contributed by atoms with Gasteiger partial charge in [-0.3, -0.25) is 19.4 Å². The normalized spacial score (nSPS) is 13.4.